The highest BCUT2D eigenvalue weighted by molar-refractivity contribution is 5.76. The van der Waals surface area contributed by atoms with E-state index in [2.05, 4.69) is 10.1 Å². The molecular formula is C16H26N4O4. The second kappa shape index (κ2) is 6.09. The Morgan fingerprint density at radius 3 is 2.58 bits per heavy atom. The van der Waals surface area contributed by atoms with Crippen LogP contribution in [0.2, 0.25) is 0 Å². The highest BCUT2D eigenvalue weighted by Crippen LogP contribution is 2.39. The maximum Gasteiger partial charge on any atom is 0.244 e. The van der Waals surface area contributed by atoms with E-state index in [9.17, 15) is 15.0 Å². The fourth-order valence-electron chi connectivity index (χ4n) is 3.73. The molecule has 0 aromatic carbocycles. The third-order valence-electron chi connectivity index (χ3n) is 5.30. The van der Waals surface area contributed by atoms with Crippen molar-refractivity contribution in [1.29, 1.82) is 0 Å². The zero-order valence-electron chi connectivity index (χ0n) is 14.5. The highest BCUT2D eigenvalue weighted by Gasteiger charge is 2.52. The van der Waals surface area contributed by atoms with Gasteiger partial charge in [-0.05, 0) is 33.6 Å². The van der Waals surface area contributed by atoms with Crippen molar-refractivity contribution >= 4 is 5.91 Å². The number of piperidine rings is 1. The Hall–Kier alpha value is -1.51. The van der Waals surface area contributed by atoms with E-state index in [4.69, 9.17) is 4.74 Å². The molecule has 2 fully saturated rings. The molecule has 0 aliphatic carbocycles. The molecule has 1 amide bonds. The summed E-state index contributed by atoms with van der Waals surface area (Å²) in [4.78, 5) is 18.5. The van der Waals surface area contributed by atoms with E-state index >= 15 is 0 Å². The summed E-state index contributed by atoms with van der Waals surface area (Å²) in [5.74, 6) is 1.35. The average Bonchev–Trinajstić information content (AvgIpc) is 2.83. The first-order chi connectivity index (χ1) is 11.2. The van der Waals surface area contributed by atoms with Gasteiger partial charge in [-0.3, -0.25) is 4.79 Å². The van der Waals surface area contributed by atoms with Gasteiger partial charge in [0.25, 0.3) is 0 Å². The lowest BCUT2D eigenvalue weighted by Crippen LogP contribution is -2.64. The van der Waals surface area contributed by atoms with Crippen molar-refractivity contribution in [2.75, 3.05) is 19.7 Å². The van der Waals surface area contributed by atoms with Crippen LogP contribution in [-0.4, -0.2) is 72.8 Å². The van der Waals surface area contributed by atoms with E-state index in [0.29, 0.717) is 44.8 Å². The summed E-state index contributed by atoms with van der Waals surface area (Å²) in [5.41, 5.74) is -1.89. The molecule has 8 nitrogen and oxygen atoms in total. The Kier molecular flexibility index (Phi) is 4.39. The largest absolute Gasteiger partial charge is 0.387 e. The highest BCUT2D eigenvalue weighted by atomic mass is 16.5. The van der Waals surface area contributed by atoms with Gasteiger partial charge >= 0.3 is 0 Å². The standard InChI is InChI=1S/C16H26N4O4/c1-11-17-12(2)20(18-11)10-13(21)19-7-4-16(5-8-19)14(22)15(3,23)6-9-24-16/h14,22-23H,4-10H2,1-3H3/t14-,15+/m0/s1. The first kappa shape index (κ1) is 17.3. The molecule has 24 heavy (non-hydrogen) atoms. The molecular weight excluding hydrogens is 312 g/mol. The Morgan fingerprint density at radius 2 is 2.00 bits per heavy atom. The van der Waals surface area contributed by atoms with E-state index in [1.807, 2.05) is 6.92 Å². The number of hydrogen-bond acceptors (Lipinski definition) is 6. The van der Waals surface area contributed by atoms with Crippen molar-refractivity contribution in [3.8, 4) is 0 Å². The Morgan fingerprint density at radius 1 is 1.33 bits per heavy atom. The lowest BCUT2D eigenvalue weighted by Gasteiger charge is -2.51. The predicted octanol–water partition coefficient (Wildman–Crippen LogP) is -0.212. The monoisotopic (exact) mass is 338 g/mol. The molecule has 3 rings (SSSR count). The van der Waals surface area contributed by atoms with Crippen LogP contribution in [0.15, 0.2) is 0 Å². The molecule has 2 atom stereocenters. The molecule has 0 saturated carbocycles. The summed E-state index contributed by atoms with van der Waals surface area (Å²) in [6.07, 6.45) is 0.525. The molecule has 134 valence electrons. The van der Waals surface area contributed by atoms with E-state index in [1.165, 1.54) is 0 Å². The summed E-state index contributed by atoms with van der Waals surface area (Å²) in [6.45, 7) is 6.86. The number of carbonyl (C=O) groups excluding carboxylic acids is 1. The maximum absolute atomic E-state index is 12.5. The summed E-state index contributed by atoms with van der Waals surface area (Å²) >= 11 is 0. The van der Waals surface area contributed by atoms with Gasteiger partial charge in [0, 0.05) is 19.5 Å². The molecule has 1 spiro atoms. The van der Waals surface area contributed by atoms with Crippen LogP contribution >= 0.6 is 0 Å². The molecule has 2 aliphatic heterocycles. The van der Waals surface area contributed by atoms with Crippen LogP contribution in [0.4, 0.5) is 0 Å². The normalized spacial score (nSPS) is 29.9. The minimum absolute atomic E-state index is 0.0186. The third-order valence-corrected chi connectivity index (χ3v) is 5.30. The molecule has 1 aromatic rings. The quantitative estimate of drug-likeness (QED) is 0.774. The first-order valence-electron chi connectivity index (χ1n) is 8.44. The second-order valence-corrected chi connectivity index (χ2v) is 7.17. The summed E-state index contributed by atoms with van der Waals surface area (Å²) < 4.78 is 7.46. The number of rotatable bonds is 2. The fourth-order valence-corrected chi connectivity index (χ4v) is 3.73. The van der Waals surface area contributed by atoms with Gasteiger partial charge in [0.1, 0.15) is 29.9 Å². The average molecular weight is 338 g/mol. The molecule has 2 N–H and O–H groups in total. The van der Waals surface area contributed by atoms with Crippen LogP contribution in [0.1, 0.15) is 37.8 Å². The van der Waals surface area contributed by atoms with Crippen molar-refractivity contribution in [2.24, 2.45) is 0 Å². The Bertz CT molecular complexity index is 620. The number of aliphatic hydroxyl groups excluding tert-OH is 1. The maximum atomic E-state index is 12.5. The van der Waals surface area contributed by atoms with Gasteiger partial charge in [-0.2, -0.15) is 5.10 Å². The number of nitrogens with zero attached hydrogens (tertiary/aromatic N) is 4. The number of likely N-dealkylation sites (tertiary alicyclic amines) is 1. The molecule has 2 aliphatic rings. The van der Waals surface area contributed by atoms with Gasteiger partial charge in [0.2, 0.25) is 5.91 Å². The van der Waals surface area contributed by atoms with Crippen molar-refractivity contribution in [1.82, 2.24) is 19.7 Å². The van der Waals surface area contributed by atoms with Crippen molar-refractivity contribution < 1.29 is 19.7 Å². The smallest absolute Gasteiger partial charge is 0.244 e. The van der Waals surface area contributed by atoms with Crippen LogP contribution < -0.4 is 0 Å². The lowest BCUT2D eigenvalue weighted by atomic mass is 9.75. The van der Waals surface area contributed by atoms with Crippen molar-refractivity contribution in [3.63, 3.8) is 0 Å². The van der Waals surface area contributed by atoms with Gasteiger partial charge in [-0.15, -0.1) is 0 Å². The fraction of sp³-hybridized carbons (Fsp3) is 0.812. The van der Waals surface area contributed by atoms with Gasteiger partial charge < -0.3 is 19.8 Å². The molecule has 0 radical (unpaired) electrons. The van der Waals surface area contributed by atoms with E-state index in [-0.39, 0.29) is 12.5 Å². The lowest BCUT2D eigenvalue weighted by molar-refractivity contribution is -0.245. The van der Waals surface area contributed by atoms with Crippen LogP contribution in [0.5, 0.6) is 0 Å². The first-order valence-corrected chi connectivity index (χ1v) is 8.44. The molecule has 1 aromatic heterocycles. The van der Waals surface area contributed by atoms with E-state index in [1.54, 1.807) is 23.4 Å². The molecule has 2 saturated heterocycles. The molecule has 0 bridgehead atoms. The summed E-state index contributed by atoms with van der Waals surface area (Å²) in [7, 11) is 0. The van der Waals surface area contributed by atoms with E-state index < -0.39 is 17.3 Å². The number of aromatic nitrogens is 3. The third kappa shape index (κ3) is 3.05. The number of carbonyl (C=O) groups is 1. The number of aliphatic hydroxyl groups is 2. The summed E-state index contributed by atoms with van der Waals surface area (Å²) in [6, 6.07) is 0. The minimum Gasteiger partial charge on any atom is -0.387 e. The van der Waals surface area contributed by atoms with Crippen LogP contribution in [0.25, 0.3) is 0 Å². The van der Waals surface area contributed by atoms with Crippen molar-refractivity contribution in [2.45, 2.75) is 63.9 Å². The topological polar surface area (TPSA) is 101 Å². The Balaban J connectivity index is 1.62. The summed E-state index contributed by atoms with van der Waals surface area (Å²) in [5, 5.41) is 25.1. The van der Waals surface area contributed by atoms with Gasteiger partial charge in [-0.25, -0.2) is 9.67 Å². The van der Waals surface area contributed by atoms with Gasteiger partial charge in [0.05, 0.1) is 12.2 Å². The van der Waals surface area contributed by atoms with Crippen LogP contribution in [0.3, 0.4) is 0 Å². The number of hydrogen-bond donors (Lipinski definition) is 2. The Labute approximate surface area is 141 Å². The predicted molar refractivity (Wildman–Crippen MR) is 85.2 cm³/mol. The van der Waals surface area contributed by atoms with Crippen LogP contribution in [0, 0.1) is 13.8 Å². The zero-order valence-corrected chi connectivity index (χ0v) is 14.5. The number of aryl methyl sites for hydroxylation is 2. The van der Waals surface area contributed by atoms with Gasteiger partial charge in [-0.1, -0.05) is 0 Å². The molecule has 3 heterocycles. The van der Waals surface area contributed by atoms with E-state index in [0.717, 1.165) is 5.82 Å². The molecule has 0 unspecified atom stereocenters. The minimum atomic E-state index is -1.14. The van der Waals surface area contributed by atoms with Crippen LogP contribution in [-0.2, 0) is 16.1 Å². The molecule has 8 heteroatoms. The van der Waals surface area contributed by atoms with Gasteiger partial charge in [0.15, 0.2) is 0 Å². The SMILES string of the molecule is Cc1nc(C)n(CC(=O)N2CCC3(CC2)OCC[C@@](C)(O)[C@@H]3O)n1. The number of amides is 1. The zero-order chi connectivity index (χ0) is 17.5. The number of ether oxygens (including phenoxy) is 1. The second-order valence-electron chi connectivity index (χ2n) is 7.17. The van der Waals surface area contributed by atoms with Crippen molar-refractivity contribution in [3.05, 3.63) is 11.6 Å².